The normalized spacial score (nSPS) is 12.5. The van der Waals surface area contributed by atoms with Gasteiger partial charge in [0.05, 0.1) is 11.9 Å². The van der Waals surface area contributed by atoms with Crippen molar-refractivity contribution in [2.24, 2.45) is 5.92 Å². The summed E-state index contributed by atoms with van der Waals surface area (Å²) in [5, 5.41) is 2.88. The lowest BCUT2D eigenvalue weighted by atomic mass is 10.0. The minimum Gasteiger partial charge on any atom is -0.354 e. The first kappa shape index (κ1) is 28.4. The largest absolute Gasteiger partial charge is 0.354 e. The molecule has 2 aromatic rings. The van der Waals surface area contributed by atoms with Crippen molar-refractivity contribution in [2.75, 3.05) is 23.7 Å². The van der Waals surface area contributed by atoms with Gasteiger partial charge >= 0.3 is 0 Å². The molecule has 0 aliphatic rings. The summed E-state index contributed by atoms with van der Waals surface area (Å²) in [6.45, 7) is 12.0. The van der Waals surface area contributed by atoms with Gasteiger partial charge in [-0.2, -0.15) is 0 Å². The van der Waals surface area contributed by atoms with E-state index in [0.717, 1.165) is 27.3 Å². The van der Waals surface area contributed by atoms with Crippen molar-refractivity contribution in [1.29, 1.82) is 0 Å². The maximum Gasteiger partial charge on any atom is 0.244 e. The number of nitrogens with one attached hydrogen (secondary N) is 1. The molecule has 7 nitrogen and oxygen atoms in total. The van der Waals surface area contributed by atoms with E-state index in [9.17, 15) is 18.0 Å². The van der Waals surface area contributed by atoms with Crippen LogP contribution in [-0.4, -0.2) is 50.5 Å². The first-order valence-electron chi connectivity index (χ1n) is 12.0. The maximum absolute atomic E-state index is 13.5. The fourth-order valence-corrected chi connectivity index (χ4v) is 4.41. The summed E-state index contributed by atoms with van der Waals surface area (Å²) in [7, 11) is -3.74. The molecule has 2 aromatic carbocycles. The molecule has 0 fully saturated rings. The molecule has 8 heteroatoms. The Morgan fingerprint density at radius 1 is 0.914 bits per heavy atom. The van der Waals surface area contributed by atoms with Crippen LogP contribution in [0, 0.1) is 12.8 Å². The molecule has 0 heterocycles. The zero-order valence-corrected chi connectivity index (χ0v) is 22.7. The molecular formula is C27H39N3O4S. The number of rotatable bonds is 11. The van der Waals surface area contributed by atoms with E-state index in [2.05, 4.69) is 19.2 Å². The monoisotopic (exact) mass is 501 g/mol. The Morgan fingerprint density at radius 2 is 1.49 bits per heavy atom. The van der Waals surface area contributed by atoms with Crippen molar-refractivity contribution >= 4 is 27.5 Å². The summed E-state index contributed by atoms with van der Waals surface area (Å²) in [4.78, 5) is 27.8. The second-order valence-electron chi connectivity index (χ2n) is 9.84. The van der Waals surface area contributed by atoms with Crippen LogP contribution in [0.25, 0.3) is 0 Å². The average Bonchev–Trinajstić information content (AvgIpc) is 2.79. The molecule has 1 N–H and O–H groups in total. The van der Waals surface area contributed by atoms with Gasteiger partial charge in [0, 0.05) is 13.1 Å². The average molecular weight is 502 g/mol. The third-order valence-electron chi connectivity index (χ3n) is 5.85. The van der Waals surface area contributed by atoms with Crippen molar-refractivity contribution in [3.05, 3.63) is 65.2 Å². The Kier molecular flexibility index (Phi) is 9.89. The zero-order valence-electron chi connectivity index (χ0n) is 21.9. The zero-order chi connectivity index (χ0) is 26.3. The highest BCUT2D eigenvalue weighted by molar-refractivity contribution is 7.92. The highest BCUT2D eigenvalue weighted by Crippen LogP contribution is 2.23. The van der Waals surface area contributed by atoms with Crippen molar-refractivity contribution in [1.82, 2.24) is 10.2 Å². The lowest BCUT2D eigenvalue weighted by Gasteiger charge is -2.31. The molecule has 0 aliphatic carbocycles. The fraction of sp³-hybridized carbons (Fsp3) is 0.481. The summed E-state index contributed by atoms with van der Waals surface area (Å²) < 4.78 is 26.4. The Hall–Kier alpha value is -2.87. The molecule has 0 radical (unpaired) electrons. The van der Waals surface area contributed by atoms with E-state index in [4.69, 9.17) is 0 Å². The third kappa shape index (κ3) is 8.38. The molecule has 1 atom stereocenters. The van der Waals surface area contributed by atoms with Crippen LogP contribution >= 0.6 is 0 Å². The highest BCUT2D eigenvalue weighted by atomic mass is 32.2. The van der Waals surface area contributed by atoms with Crippen molar-refractivity contribution in [3.63, 3.8) is 0 Å². The van der Waals surface area contributed by atoms with Crippen LogP contribution in [0.1, 0.15) is 57.2 Å². The van der Waals surface area contributed by atoms with Gasteiger partial charge in [0.2, 0.25) is 21.8 Å². The molecule has 35 heavy (non-hydrogen) atoms. The van der Waals surface area contributed by atoms with E-state index < -0.39 is 28.5 Å². The van der Waals surface area contributed by atoms with E-state index in [1.54, 1.807) is 19.1 Å². The van der Waals surface area contributed by atoms with Crippen LogP contribution in [0.2, 0.25) is 0 Å². The number of carbonyl (C=O) groups is 2. The minimum atomic E-state index is -3.74. The molecule has 0 aliphatic heterocycles. The van der Waals surface area contributed by atoms with Gasteiger partial charge < -0.3 is 10.2 Å². The number of aryl methyl sites for hydroxylation is 1. The lowest BCUT2D eigenvalue weighted by molar-refractivity contribution is -0.139. The number of anilines is 1. The van der Waals surface area contributed by atoms with Gasteiger partial charge in [-0.05, 0) is 48.9 Å². The second-order valence-corrected chi connectivity index (χ2v) is 11.7. The van der Waals surface area contributed by atoms with Crippen molar-refractivity contribution in [3.8, 4) is 0 Å². The predicted octanol–water partition coefficient (Wildman–Crippen LogP) is 4.07. The number of hydrogen-bond acceptors (Lipinski definition) is 4. The number of amides is 2. The van der Waals surface area contributed by atoms with Crippen LogP contribution in [0.5, 0.6) is 0 Å². The summed E-state index contributed by atoms with van der Waals surface area (Å²) >= 11 is 0. The Bertz CT molecular complexity index is 1090. The highest BCUT2D eigenvalue weighted by Gasteiger charge is 2.30. The molecule has 192 valence electrons. The van der Waals surface area contributed by atoms with E-state index in [-0.39, 0.29) is 18.4 Å². The van der Waals surface area contributed by atoms with Gasteiger partial charge in [0.25, 0.3) is 0 Å². The Balaban J connectivity index is 2.35. The molecule has 0 bridgehead atoms. The van der Waals surface area contributed by atoms with Gasteiger partial charge in [0.15, 0.2) is 0 Å². The maximum atomic E-state index is 13.5. The van der Waals surface area contributed by atoms with Gasteiger partial charge in [-0.25, -0.2) is 8.42 Å². The van der Waals surface area contributed by atoms with Crippen molar-refractivity contribution in [2.45, 2.75) is 60.0 Å². The summed E-state index contributed by atoms with van der Waals surface area (Å²) in [5.41, 5.74) is 3.43. The van der Waals surface area contributed by atoms with Crippen LogP contribution in [0.4, 0.5) is 5.69 Å². The Morgan fingerprint density at radius 3 is 1.97 bits per heavy atom. The third-order valence-corrected chi connectivity index (χ3v) is 6.99. The standard InChI is InChI=1S/C27H39N3O4S/c1-19(2)16-28-27(32)22(6)29(17-23-10-8-21(5)9-11-23)26(31)18-30(35(7,33)34)25-14-12-24(13-15-25)20(3)4/h8-15,19-20,22H,16-18H2,1-7H3,(H,28,32)/t22-/m0/s1. The topological polar surface area (TPSA) is 86.8 Å². The lowest BCUT2D eigenvalue weighted by Crippen LogP contribution is -2.51. The quantitative estimate of drug-likeness (QED) is 0.503. The van der Waals surface area contributed by atoms with Gasteiger partial charge in [-0.3, -0.25) is 13.9 Å². The SMILES string of the molecule is Cc1ccc(CN(C(=O)CN(c2ccc(C(C)C)cc2)S(C)(=O)=O)[C@@H](C)C(=O)NCC(C)C)cc1. The van der Waals surface area contributed by atoms with E-state index >= 15 is 0 Å². The summed E-state index contributed by atoms with van der Waals surface area (Å²) in [6.07, 6.45) is 1.08. The van der Waals surface area contributed by atoms with Gasteiger partial charge in [-0.1, -0.05) is 69.7 Å². The molecule has 2 amide bonds. The molecule has 0 unspecified atom stereocenters. The second kappa shape index (κ2) is 12.2. The van der Waals surface area contributed by atoms with Crippen molar-refractivity contribution < 1.29 is 18.0 Å². The Labute approximate surface area is 210 Å². The van der Waals surface area contributed by atoms with Crippen LogP contribution in [0.15, 0.2) is 48.5 Å². The summed E-state index contributed by atoms with van der Waals surface area (Å²) in [5.74, 6) is -0.156. The molecule has 2 rings (SSSR count). The predicted molar refractivity (Wildman–Crippen MR) is 142 cm³/mol. The number of hydrogen-bond donors (Lipinski definition) is 1. The molecule has 0 spiro atoms. The minimum absolute atomic E-state index is 0.194. The van der Waals surface area contributed by atoms with Crippen LogP contribution in [-0.2, 0) is 26.2 Å². The van der Waals surface area contributed by atoms with E-state index in [1.807, 2.05) is 57.2 Å². The van der Waals surface area contributed by atoms with E-state index in [1.165, 1.54) is 4.90 Å². The van der Waals surface area contributed by atoms with Gasteiger partial charge in [-0.15, -0.1) is 0 Å². The fourth-order valence-electron chi connectivity index (χ4n) is 3.56. The number of sulfonamides is 1. The number of benzene rings is 2. The molecule has 0 aromatic heterocycles. The summed E-state index contributed by atoms with van der Waals surface area (Å²) in [6, 6.07) is 14.1. The first-order chi connectivity index (χ1) is 16.3. The van der Waals surface area contributed by atoms with Gasteiger partial charge in [0.1, 0.15) is 12.6 Å². The number of nitrogens with zero attached hydrogens (tertiary/aromatic N) is 2. The molecule has 0 saturated carbocycles. The smallest absolute Gasteiger partial charge is 0.244 e. The molecular weight excluding hydrogens is 462 g/mol. The molecule has 0 saturated heterocycles. The first-order valence-corrected chi connectivity index (χ1v) is 13.8. The van der Waals surface area contributed by atoms with E-state index in [0.29, 0.717) is 18.2 Å². The number of carbonyl (C=O) groups excluding carboxylic acids is 2. The van der Waals surface area contributed by atoms with Crippen LogP contribution in [0.3, 0.4) is 0 Å². The van der Waals surface area contributed by atoms with Crippen LogP contribution < -0.4 is 9.62 Å².